The van der Waals surface area contributed by atoms with Gasteiger partial charge in [0.2, 0.25) is 0 Å². The molecule has 0 aliphatic heterocycles. The van der Waals surface area contributed by atoms with Crippen molar-refractivity contribution in [3.05, 3.63) is 35.1 Å². The number of aliphatic hydroxyl groups is 1. The van der Waals surface area contributed by atoms with Crippen LogP contribution < -0.4 is 0 Å². The summed E-state index contributed by atoms with van der Waals surface area (Å²) in [6.45, 7) is 10.5. The van der Waals surface area contributed by atoms with Gasteiger partial charge in [-0.05, 0) is 31.1 Å². The molecule has 0 heterocycles. The first-order chi connectivity index (χ1) is 13.6. The lowest BCUT2D eigenvalue weighted by molar-refractivity contribution is -0.129. The van der Waals surface area contributed by atoms with Crippen LogP contribution in [0.5, 0.6) is 0 Å². The van der Waals surface area contributed by atoms with E-state index in [0.717, 1.165) is 29.6 Å². The number of hydrogen-bond donors (Lipinski definition) is 1. The number of carbonyl (C=O) groups is 2. The summed E-state index contributed by atoms with van der Waals surface area (Å²) in [7, 11) is 1.63. The minimum absolute atomic E-state index is 0.00976. The zero-order chi connectivity index (χ0) is 21.9. The molecule has 7 atom stereocenters. The summed E-state index contributed by atoms with van der Waals surface area (Å²) in [6.07, 6.45) is 8.55. The van der Waals surface area contributed by atoms with Crippen LogP contribution in [-0.2, 0) is 14.3 Å². The number of rotatable bonds is 6. The molecule has 2 rings (SSSR count). The molecule has 1 saturated carbocycles. The molecule has 0 spiro atoms. The quantitative estimate of drug-likeness (QED) is 0.233. The van der Waals surface area contributed by atoms with Crippen LogP contribution >= 0.6 is 22.6 Å². The number of halogens is 1. The maximum absolute atomic E-state index is 12.2. The van der Waals surface area contributed by atoms with Gasteiger partial charge in [-0.25, -0.2) is 0 Å². The highest BCUT2D eigenvalue weighted by Crippen LogP contribution is 2.45. The van der Waals surface area contributed by atoms with Gasteiger partial charge in [-0.1, -0.05) is 74.1 Å². The van der Waals surface area contributed by atoms with Gasteiger partial charge >= 0.3 is 0 Å². The van der Waals surface area contributed by atoms with Gasteiger partial charge in [0, 0.05) is 27.8 Å². The van der Waals surface area contributed by atoms with Crippen molar-refractivity contribution in [3.8, 4) is 0 Å². The van der Waals surface area contributed by atoms with Gasteiger partial charge in [0.15, 0.2) is 0 Å². The maximum Gasteiger partial charge on any atom is 0.136 e. The predicted octanol–water partition coefficient (Wildman–Crippen LogP) is 5.05. The highest BCUT2D eigenvalue weighted by molar-refractivity contribution is 14.1. The van der Waals surface area contributed by atoms with Crippen LogP contribution in [0.2, 0.25) is 0 Å². The number of Topliss-reactive ketones (excluding diaryl/α,β-unsaturated/α-hetero) is 1. The number of ketones is 1. The molecular formula is C24H35IO4. The number of allylic oxidation sites excluding steroid dienone is 5. The largest absolute Gasteiger partial charge is 0.501 e. The number of alkyl halides is 1. The average Bonchev–Trinajstić information content (AvgIpc) is 2.70. The van der Waals surface area contributed by atoms with Crippen molar-refractivity contribution < 1.29 is 19.4 Å². The fourth-order valence-corrected chi connectivity index (χ4v) is 5.52. The van der Waals surface area contributed by atoms with Crippen molar-refractivity contribution in [2.45, 2.75) is 63.9 Å². The fourth-order valence-electron chi connectivity index (χ4n) is 4.63. The van der Waals surface area contributed by atoms with E-state index in [1.54, 1.807) is 7.11 Å². The molecule has 0 amide bonds. The third-order valence-electron chi connectivity index (χ3n) is 7.32. The molecule has 1 N–H and O–H groups in total. The number of aldehydes is 1. The van der Waals surface area contributed by atoms with Crippen LogP contribution in [0.1, 0.15) is 53.9 Å². The molecule has 7 unspecified atom stereocenters. The average molecular weight is 514 g/mol. The Morgan fingerprint density at radius 3 is 2.59 bits per heavy atom. The Balaban J connectivity index is 2.23. The standard InChI is InChI=1S/C24H35IO4/c1-14(11-12-24(5)15(2)8-10-20(27)17(24)4)7-9-18-22(28)19(13-26)21(25)16(3)23(18)29-6/h7,11-13,15-17,19,21-22,28H,8-10H2,1-6H3/b12-11+,14-7+. The Bertz CT molecular complexity index is 722. The first kappa shape index (κ1) is 24.3. The van der Waals surface area contributed by atoms with E-state index in [1.807, 2.05) is 20.8 Å². The molecule has 0 bridgehead atoms. The van der Waals surface area contributed by atoms with E-state index in [0.29, 0.717) is 24.5 Å². The Morgan fingerprint density at radius 2 is 2.00 bits per heavy atom. The summed E-state index contributed by atoms with van der Waals surface area (Å²) < 4.78 is 5.62. The van der Waals surface area contributed by atoms with Crippen molar-refractivity contribution in [3.63, 3.8) is 0 Å². The summed E-state index contributed by atoms with van der Waals surface area (Å²) in [6, 6.07) is 0. The molecule has 5 heteroatoms. The second-order valence-corrected chi connectivity index (χ2v) is 10.4. The van der Waals surface area contributed by atoms with E-state index in [-0.39, 0.29) is 21.2 Å². The zero-order valence-electron chi connectivity index (χ0n) is 18.4. The zero-order valence-corrected chi connectivity index (χ0v) is 20.6. The Labute approximate surface area is 189 Å². The molecule has 0 radical (unpaired) electrons. The van der Waals surface area contributed by atoms with Crippen molar-refractivity contribution in [2.24, 2.45) is 29.1 Å². The lowest BCUT2D eigenvalue weighted by Gasteiger charge is -2.42. The summed E-state index contributed by atoms with van der Waals surface area (Å²) in [5, 5.41) is 10.7. The van der Waals surface area contributed by atoms with Crippen molar-refractivity contribution in [2.75, 3.05) is 7.11 Å². The second-order valence-electron chi connectivity index (χ2n) is 8.96. The van der Waals surface area contributed by atoms with E-state index in [4.69, 9.17) is 4.74 Å². The maximum atomic E-state index is 12.2. The van der Waals surface area contributed by atoms with Crippen LogP contribution in [0, 0.1) is 29.1 Å². The summed E-state index contributed by atoms with van der Waals surface area (Å²) in [4.78, 5) is 23.8. The minimum Gasteiger partial charge on any atom is -0.501 e. The molecule has 0 aromatic heterocycles. The lowest BCUT2D eigenvalue weighted by Crippen LogP contribution is -2.41. The molecule has 4 nitrogen and oxygen atoms in total. The summed E-state index contributed by atoms with van der Waals surface area (Å²) in [5.74, 6) is 1.27. The molecule has 2 aliphatic rings. The normalized spacial score (nSPS) is 39.2. The Kier molecular flexibility index (Phi) is 8.31. The smallest absolute Gasteiger partial charge is 0.136 e. The lowest BCUT2D eigenvalue weighted by atomic mass is 9.61. The summed E-state index contributed by atoms with van der Waals surface area (Å²) in [5.41, 5.74) is 1.72. The fraction of sp³-hybridized carbons (Fsp3) is 0.667. The minimum atomic E-state index is -0.817. The van der Waals surface area contributed by atoms with Gasteiger partial charge in [0.25, 0.3) is 0 Å². The molecule has 0 saturated heterocycles. The predicted molar refractivity (Wildman–Crippen MR) is 125 cm³/mol. The SMILES string of the molecule is COC1=C(C/C=C(C)/C=C/C2(C)C(C)CCC(=O)C2C)C(O)C(C=O)C(I)C1C. The van der Waals surface area contributed by atoms with E-state index in [9.17, 15) is 14.7 Å². The molecule has 0 aromatic rings. The number of ether oxygens (including phenoxy) is 1. The first-order valence-corrected chi connectivity index (χ1v) is 11.8. The van der Waals surface area contributed by atoms with Gasteiger partial charge in [-0.3, -0.25) is 4.79 Å². The Morgan fingerprint density at radius 1 is 1.34 bits per heavy atom. The van der Waals surface area contributed by atoms with E-state index >= 15 is 0 Å². The van der Waals surface area contributed by atoms with Gasteiger partial charge < -0.3 is 14.6 Å². The molecular weight excluding hydrogens is 479 g/mol. The van der Waals surface area contributed by atoms with Crippen LogP contribution in [0.4, 0.5) is 0 Å². The van der Waals surface area contributed by atoms with E-state index in [2.05, 4.69) is 54.7 Å². The van der Waals surface area contributed by atoms with Crippen LogP contribution in [0.15, 0.2) is 35.1 Å². The molecule has 0 aromatic carbocycles. The molecule has 162 valence electrons. The Hall–Kier alpha value is -0.950. The monoisotopic (exact) mass is 514 g/mol. The highest BCUT2D eigenvalue weighted by atomic mass is 127. The van der Waals surface area contributed by atoms with Crippen LogP contribution in [0.25, 0.3) is 0 Å². The van der Waals surface area contributed by atoms with Crippen LogP contribution in [-0.4, -0.2) is 34.3 Å². The topological polar surface area (TPSA) is 63.6 Å². The number of hydrogen-bond acceptors (Lipinski definition) is 4. The van der Waals surface area contributed by atoms with Crippen molar-refractivity contribution >= 4 is 34.7 Å². The highest BCUT2D eigenvalue weighted by Gasteiger charge is 2.42. The van der Waals surface area contributed by atoms with Gasteiger partial charge in [0.05, 0.1) is 19.1 Å². The molecule has 29 heavy (non-hydrogen) atoms. The third-order valence-corrected chi connectivity index (χ3v) is 9.23. The number of aliphatic hydroxyl groups excluding tert-OH is 1. The third kappa shape index (κ3) is 4.87. The van der Waals surface area contributed by atoms with Gasteiger partial charge in [-0.2, -0.15) is 0 Å². The summed E-state index contributed by atoms with van der Waals surface area (Å²) >= 11 is 2.24. The van der Waals surface area contributed by atoms with E-state index < -0.39 is 12.0 Å². The van der Waals surface area contributed by atoms with E-state index in [1.165, 1.54) is 0 Å². The van der Waals surface area contributed by atoms with Crippen LogP contribution in [0.3, 0.4) is 0 Å². The number of methoxy groups -OCH3 is 1. The van der Waals surface area contributed by atoms with Crippen molar-refractivity contribution in [1.82, 2.24) is 0 Å². The van der Waals surface area contributed by atoms with Gasteiger partial charge in [0.1, 0.15) is 17.8 Å². The number of carbonyl (C=O) groups excluding carboxylic acids is 2. The molecule has 1 fully saturated rings. The van der Waals surface area contributed by atoms with Crippen molar-refractivity contribution in [1.29, 1.82) is 0 Å². The second kappa shape index (κ2) is 9.90. The molecule has 2 aliphatic carbocycles. The van der Waals surface area contributed by atoms with Gasteiger partial charge in [-0.15, -0.1) is 0 Å². The first-order valence-electron chi connectivity index (χ1n) is 10.5.